The van der Waals surface area contributed by atoms with Gasteiger partial charge in [0.25, 0.3) is 0 Å². The molecule has 0 heterocycles. The zero-order valence-corrected chi connectivity index (χ0v) is 24.3. The molecule has 238 valence electrons. The summed E-state index contributed by atoms with van der Waals surface area (Å²) in [6.07, 6.45) is 11.1. The van der Waals surface area contributed by atoms with Crippen LogP contribution in [0.2, 0.25) is 0 Å². The predicted molar refractivity (Wildman–Crippen MR) is 149 cm³/mol. The Morgan fingerprint density at radius 3 is 1.29 bits per heavy atom. The zero-order valence-electron chi connectivity index (χ0n) is 24.3. The van der Waals surface area contributed by atoms with Gasteiger partial charge in [-0.05, 0) is 0 Å². The van der Waals surface area contributed by atoms with E-state index in [1.807, 2.05) is 0 Å². The number of rotatable bonds is 35. The SMILES string of the molecule is C#CCOCCOCCOCC(COCCOCCOCC#C)ONCCOCCOCCOCCOCCC=O. The summed E-state index contributed by atoms with van der Waals surface area (Å²) in [6, 6.07) is 0. The minimum Gasteiger partial charge on any atom is -0.379 e. The maximum absolute atomic E-state index is 10.2. The summed E-state index contributed by atoms with van der Waals surface area (Å²) < 4.78 is 54.0. The molecule has 0 atom stereocenters. The highest BCUT2D eigenvalue weighted by molar-refractivity contribution is 5.49. The lowest BCUT2D eigenvalue weighted by Crippen LogP contribution is -2.34. The van der Waals surface area contributed by atoms with E-state index in [0.29, 0.717) is 132 Å². The molecule has 0 unspecified atom stereocenters. The lowest BCUT2D eigenvalue weighted by Gasteiger charge is -2.18. The first kappa shape index (κ1) is 39.3. The van der Waals surface area contributed by atoms with Crippen LogP contribution in [0.4, 0.5) is 0 Å². The second-order valence-electron chi connectivity index (χ2n) is 7.93. The molecule has 0 aliphatic heterocycles. The zero-order chi connectivity index (χ0) is 29.7. The Morgan fingerprint density at radius 2 is 0.878 bits per heavy atom. The molecule has 0 fully saturated rings. The van der Waals surface area contributed by atoms with Gasteiger partial charge in [0, 0.05) is 13.0 Å². The lowest BCUT2D eigenvalue weighted by molar-refractivity contribution is -0.112. The lowest BCUT2D eigenvalue weighted by atomic mass is 10.4. The number of terminal acetylenes is 2. The first-order chi connectivity index (χ1) is 20.3. The summed E-state index contributed by atoms with van der Waals surface area (Å²) in [5, 5.41) is 0. The van der Waals surface area contributed by atoms with Gasteiger partial charge in [-0.25, -0.2) is 0 Å². The Balaban J connectivity index is 3.82. The second kappa shape index (κ2) is 36.3. The van der Waals surface area contributed by atoms with E-state index in [0.717, 1.165) is 6.29 Å². The molecule has 13 nitrogen and oxygen atoms in total. The van der Waals surface area contributed by atoms with Crippen molar-refractivity contribution in [2.75, 3.05) is 139 Å². The van der Waals surface area contributed by atoms with Crippen LogP contribution in [-0.2, 0) is 57.0 Å². The third-order valence-electron chi connectivity index (χ3n) is 4.56. The van der Waals surface area contributed by atoms with Crippen LogP contribution in [0.3, 0.4) is 0 Å². The van der Waals surface area contributed by atoms with Gasteiger partial charge < -0.3 is 52.2 Å². The third-order valence-corrected chi connectivity index (χ3v) is 4.56. The summed E-state index contributed by atoms with van der Waals surface area (Å²) in [6.45, 7) is 8.71. The molecule has 0 aromatic rings. The number of carbonyl (C=O) groups excluding carboxylic acids is 1. The highest BCUT2D eigenvalue weighted by Crippen LogP contribution is 1.95. The van der Waals surface area contributed by atoms with Crippen LogP contribution in [0.1, 0.15) is 6.42 Å². The normalized spacial score (nSPS) is 11.1. The summed E-state index contributed by atoms with van der Waals surface area (Å²) >= 11 is 0. The van der Waals surface area contributed by atoms with Crippen LogP contribution in [0.25, 0.3) is 0 Å². The van der Waals surface area contributed by atoms with Gasteiger partial charge in [0.1, 0.15) is 25.6 Å². The Kier molecular flexibility index (Phi) is 34.8. The molecule has 0 spiro atoms. The molecule has 0 aromatic carbocycles. The minimum absolute atomic E-state index is 0.271. The van der Waals surface area contributed by atoms with E-state index >= 15 is 0 Å². The summed E-state index contributed by atoms with van der Waals surface area (Å²) in [5.41, 5.74) is 2.89. The molecule has 0 aromatic heterocycles. The number of ether oxygens (including phenoxy) is 10. The van der Waals surface area contributed by atoms with Crippen molar-refractivity contribution >= 4 is 6.29 Å². The molecule has 0 aliphatic rings. The van der Waals surface area contributed by atoms with Crippen LogP contribution >= 0.6 is 0 Å². The van der Waals surface area contributed by atoms with Gasteiger partial charge in [-0.3, -0.25) is 4.84 Å². The van der Waals surface area contributed by atoms with E-state index in [-0.39, 0.29) is 19.3 Å². The molecule has 0 saturated carbocycles. The molecule has 0 saturated heterocycles. The van der Waals surface area contributed by atoms with Crippen molar-refractivity contribution in [3.63, 3.8) is 0 Å². The molecular weight excluding hydrogens is 542 g/mol. The van der Waals surface area contributed by atoms with E-state index in [9.17, 15) is 4.79 Å². The molecule has 0 radical (unpaired) electrons. The van der Waals surface area contributed by atoms with Crippen LogP contribution in [-0.4, -0.2) is 151 Å². The molecule has 0 rings (SSSR count). The van der Waals surface area contributed by atoms with Crippen LogP contribution in [0.5, 0.6) is 0 Å². The number of hydrogen-bond donors (Lipinski definition) is 1. The van der Waals surface area contributed by atoms with E-state index in [1.165, 1.54) is 0 Å². The molecular formula is C28H49NO12. The fraction of sp³-hybridized carbons (Fsp3) is 0.821. The Morgan fingerprint density at radius 1 is 0.512 bits per heavy atom. The standard InChI is InChI=1S/C28H49NO12/c1-3-8-31-12-16-37-22-24-39-26-28(27-40-25-23-38-17-13-32-9-4-2)41-29-6-11-34-15-19-36-21-20-35-18-14-33-10-5-7-30/h1-2,7,28-29H,5-6,8-27H2. The van der Waals surface area contributed by atoms with E-state index in [1.54, 1.807) is 0 Å². The fourth-order valence-corrected chi connectivity index (χ4v) is 2.67. The maximum Gasteiger partial charge on any atom is 0.125 e. The Bertz CT molecular complexity index is 582. The summed E-state index contributed by atoms with van der Waals surface area (Å²) in [5.74, 6) is 4.79. The summed E-state index contributed by atoms with van der Waals surface area (Å²) in [4.78, 5) is 15.9. The highest BCUT2D eigenvalue weighted by Gasteiger charge is 2.11. The van der Waals surface area contributed by atoms with Crippen molar-refractivity contribution in [2.45, 2.75) is 12.5 Å². The first-order valence-electron chi connectivity index (χ1n) is 13.8. The summed E-state index contributed by atoms with van der Waals surface area (Å²) in [7, 11) is 0. The topological polar surface area (TPSA) is 131 Å². The molecule has 0 aliphatic carbocycles. The maximum atomic E-state index is 10.2. The molecule has 13 heteroatoms. The molecule has 0 amide bonds. The smallest absolute Gasteiger partial charge is 0.125 e. The van der Waals surface area contributed by atoms with Gasteiger partial charge >= 0.3 is 0 Å². The van der Waals surface area contributed by atoms with Gasteiger partial charge in [-0.15, -0.1) is 12.8 Å². The average molecular weight is 592 g/mol. The molecule has 41 heavy (non-hydrogen) atoms. The minimum atomic E-state index is -0.341. The van der Waals surface area contributed by atoms with Crippen molar-refractivity contribution in [2.24, 2.45) is 0 Å². The van der Waals surface area contributed by atoms with Gasteiger partial charge in [-0.2, -0.15) is 5.48 Å². The van der Waals surface area contributed by atoms with Crippen LogP contribution in [0, 0.1) is 24.7 Å². The van der Waals surface area contributed by atoms with E-state index in [2.05, 4.69) is 17.3 Å². The van der Waals surface area contributed by atoms with Crippen molar-refractivity contribution in [3.05, 3.63) is 0 Å². The van der Waals surface area contributed by atoms with Crippen molar-refractivity contribution in [3.8, 4) is 24.7 Å². The van der Waals surface area contributed by atoms with Crippen molar-refractivity contribution < 1.29 is 57.0 Å². The largest absolute Gasteiger partial charge is 0.379 e. The second-order valence-corrected chi connectivity index (χ2v) is 7.93. The predicted octanol–water partition coefficient (Wildman–Crippen LogP) is -0.102. The van der Waals surface area contributed by atoms with Crippen LogP contribution < -0.4 is 5.48 Å². The quantitative estimate of drug-likeness (QED) is 0.0456. The van der Waals surface area contributed by atoms with E-state index in [4.69, 9.17) is 65.1 Å². The van der Waals surface area contributed by atoms with Gasteiger partial charge in [0.15, 0.2) is 0 Å². The monoisotopic (exact) mass is 591 g/mol. The van der Waals surface area contributed by atoms with E-state index < -0.39 is 0 Å². The van der Waals surface area contributed by atoms with Gasteiger partial charge in [0.05, 0.1) is 119 Å². The highest BCUT2D eigenvalue weighted by atomic mass is 16.7. The number of aldehydes is 1. The fourth-order valence-electron chi connectivity index (χ4n) is 2.67. The Labute approximate surface area is 245 Å². The number of carbonyl (C=O) groups is 1. The number of nitrogens with one attached hydrogen (secondary N) is 1. The van der Waals surface area contributed by atoms with Gasteiger partial charge in [-0.1, -0.05) is 11.8 Å². The average Bonchev–Trinajstić information content (AvgIpc) is 2.98. The van der Waals surface area contributed by atoms with Crippen LogP contribution in [0.15, 0.2) is 0 Å². The Hall–Kier alpha value is -1.69. The van der Waals surface area contributed by atoms with Crippen molar-refractivity contribution in [1.82, 2.24) is 5.48 Å². The first-order valence-corrected chi connectivity index (χ1v) is 13.8. The number of hydroxylamine groups is 1. The van der Waals surface area contributed by atoms with Gasteiger partial charge in [0.2, 0.25) is 0 Å². The molecule has 1 N–H and O–H groups in total. The van der Waals surface area contributed by atoms with Crippen molar-refractivity contribution in [1.29, 1.82) is 0 Å². The third kappa shape index (κ3) is 34.4. The number of hydrogen-bond acceptors (Lipinski definition) is 13. The molecule has 0 bridgehead atoms.